The molecule has 0 heterocycles. The Hall–Kier alpha value is -0.0800. The highest BCUT2D eigenvalue weighted by Gasteiger charge is 2.48. The Labute approximate surface area is 49.1 Å². The Kier molecular flexibility index (Phi) is 1.29. The van der Waals surface area contributed by atoms with Crippen LogP contribution in [-0.4, -0.2) is 23.4 Å². The first-order valence-electron chi connectivity index (χ1n) is 2.94. The first kappa shape index (κ1) is 6.05. The quantitative estimate of drug-likeness (QED) is 0.533. The molecule has 0 bridgehead atoms. The van der Waals surface area contributed by atoms with E-state index < -0.39 is 0 Å². The van der Waals surface area contributed by atoms with Gasteiger partial charge in [0.05, 0.1) is 0 Å². The van der Waals surface area contributed by atoms with E-state index in [1.807, 2.05) is 6.92 Å². The zero-order chi connectivity index (χ0) is 6.20. The van der Waals surface area contributed by atoms with E-state index in [1.165, 1.54) is 0 Å². The van der Waals surface area contributed by atoms with Crippen LogP contribution in [0.25, 0.3) is 0 Å². The molecule has 1 fully saturated rings. The van der Waals surface area contributed by atoms with E-state index in [1.54, 1.807) is 0 Å². The van der Waals surface area contributed by atoms with Crippen LogP contribution < -0.4 is 0 Å². The van der Waals surface area contributed by atoms with E-state index in [4.69, 9.17) is 10.2 Å². The molecule has 0 aliphatic heterocycles. The maximum absolute atomic E-state index is 8.66. The van der Waals surface area contributed by atoms with Gasteiger partial charge in [0.2, 0.25) is 0 Å². The van der Waals surface area contributed by atoms with Crippen molar-refractivity contribution in [2.24, 2.45) is 11.3 Å². The lowest BCUT2D eigenvalue weighted by Crippen LogP contribution is -2.05. The Morgan fingerprint density at radius 3 is 2.38 bits per heavy atom. The zero-order valence-corrected chi connectivity index (χ0v) is 5.09. The van der Waals surface area contributed by atoms with Crippen molar-refractivity contribution in [3.8, 4) is 0 Å². The lowest BCUT2D eigenvalue weighted by molar-refractivity contribution is 0.184. The standard InChI is InChI=1S/C6H12O2/c1-6(4-8)2-5(6)3-7/h5,7-8H,2-4H2,1H3/t5-,6-/m0/s1. The Morgan fingerprint density at radius 1 is 1.62 bits per heavy atom. The van der Waals surface area contributed by atoms with Gasteiger partial charge in [-0.3, -0.25) is 0 Å². The van der Waals surface area contributed by atoms with Crippen molar-refractivity contribution in [2.45, 2.75) is 13.3 Å². The van der Waals surface area contributed by atoms with Crippen LogP contribution in [0.5, 0.6) is 0 Å². The van der Waals surface area contributed by atoms with Crippen molar-refractivity contribution in [2.75, 3.05) is 13.2 Å². The predicted molar refractivity (Wildman–Crippen MR) is 30.4 cm³/mol. The molecular formula is C6H12O2. The van der Waals surface area contributed by atoms with Gasteiger partial charge < -0.3 is 10.2 Å². The van der Waals surface area contributed by atoms with E-state index in [0.717, 1.165) is 6.42 Å². The van der Waals surface area contributed by atoms with Crippen LogP contribution in [0.2, 0.25) is 0 Å². The maximum Gasteiger partial charge on any atom is 0.0488 e. The average Bonchev–Trinajstić information content (AvgIpc) is 2.44. The molecule has 0 aromatic carbocycles. The monoisotopic (exact) mass is 116 g/mol. The normalized spacial score (nSPS) is 44.6. The number of hydrogen-bond donors (Lipinski definition) is 2. The van der Waals surface area contributed by atoms with Crippen LogP contribution in [0, 0.1) is 11.3 Å². The summed E-state index contributed by atoms with van der Waals surface area (Å²) in [5, 5.41) is 17.2. The predicted octanol–water partition coefficient (Wildman–Crippen LogP) is -0.00280. The molecule has 1 aliphatic carbocycles. The van der Waals surface area contributed by atoms with Gasteiger partial charge in [0.1, 0.15) is 0 Å². The summed E-state index contributed by atoms with van der Waals surface area (Å²) in [4.78, 5) is 0. The molecule has 0 spiro atoms. The first-order valence-corrected chi connectivity index (χ1v) is 2.94. The number of hydrogen-bond acceptors (Lipinski definition) is 2. The first-order chi connectivity index (χ1) is 3.73. The molecule has 48 valence electrons. The number of rotatable bonds is 2. The van der Waals surface area contributed by atoms with Crippen LogP contribution in [0.4, 0.5) is 0 Å². The van der Waals surface area contributed by atoms with Crippen LogP contribution in [0.1, 0.15) is 13.3 Å². The average molecular weight is 116 g/mol. The molecule has 1 rings (SSSR count). The van der Waals surface area contributed by atoms with Crippen molar-refractivity contribution in [1.82, 2.24) is 0 Å². The van der Waals surface area contributed by atoms with Gasteiger partial charge in [0.15, 0.2) is 0 Å². The molecule has 0 radical (unpaired) electrons. The second kappa shape index (κ2) is 1.71. The van der Waals surface area contributed by atoms with Crippen LogP contribution in [-0.2, 0) is 0 Å². The summed E-state index contributed by atoms with van der Waals surface area (Å²) < 4.78 is 0. The van der Waals surface area contributed by atoms with E-state index in [2.05, 4.69) is 0 Å². The lowest BCUT2D eigenvalue weighted by Gasteiger charge is -2.01. The highest BCUT2D eigenvalue weighted by molar-refractivity contribution is 4.97. The summed E-state index contributed by atoms with van der Waals surface area (Å²) in [7, 11) is 0. The van der Waals surface area contributed by atoms with Gasteiger partial charge >= 0.3 is 0 Å². The molecule has 2 atom stereocenters. The Bertz CT molecular complexity index is 92.5. The summed E-state index contributed by atoms with van der Waals surface area (Å²) >= 11 is 0. The van der Waals surface area contributed by atoms with Gasteiger partial charge in [-0.2, -0.15) is 0 Å². The van der Waals surface area contributed by atoms with Crippen molar-refractivity contribution in [3.05, 3.63) is 0 Å². The third-order valence-electron chi connectivity index (χ3n) is 2.12. The Balaban J connectivity index is 2.31. The lowest BCUT2D eigenvalue weighted by atomic mass is 10.1. The molecule has 0 aromatic rings. The fraction of sp³-hybridized carbons (Fsp3) is 1.00. The van der Waals surface area contributed by atoms with Gasteiger partial charge in [0.25, 0.3) is 0 Å². The number of aliphatic hydroxyl groups excluding tert-OH is 2. The summed E-state index contributed by atoms with van der Waals surface area (Å²) in [6, 6.07) is 0. The van der Waals surface area contributed by atoms with Crippen molar-refractivity contribution in [1.29, 1.82) is 0 Å². The van der Waals surface area contributed by atoms with E-state index in [0.29, 0.717) is 5.92 Å². The summed E-state index contributed by atoms with van der Waals surface area (Å²) in [5.74, 6) is 0.368. The molecule has 0 aromatic heterocycles. The highest BCUT2D eigenvalue weighted by atomic mass is 16.3. The molecule has 0 amide bonds. The maximum atomic E-state index is 8.66. The molecule has 0 unspecified atom stereocenters. The zero-order valence-electron chi connectivity index (χ0n) is 5.09. The molecule has 2 heteroatoms. The van der Waals surface area contributed by atoms with Crippen LogP contribution in [0.15, 0.2) is 0 Å². The largest absolute Gasteiger partial charge is 0.396 e. The summed E-state index contributed by atoms with van der Waals surface area (Å²) in [6.07, 6.45) is 0.986. The van der Waals surface area contributed by atoms with E-state index >= 15 is 0 Å². The van der Waals surface area contributed by atoms with Gasteiger partial charge in [-0.05, 0) is 17.8 Å². The van der Waals surface area contributed by atoms with Gasteiger partial charge in [-0.15, -0.1) is 0 Å². The third kappa shape index (κ3) is 0.740. The topological polar surface area (TPSA) is 40.5 Å². The van der Waals surface area contributed by atoms with Crippen molar-refractivity contribution >= 4 is 0 Å². The van der Waals surface area contributed by atoms with E-state index in [9.17, 15) is 0 Å². The summed E-state index contributed by atoms with van der Waals surface area (Å²) in [5.41, 5.74) is 0.0642. The number of aliphatic hydroxyl groups is 2. The van der Waals surface area contributed by atoms with Crippen LogP contribution in [0.3, 0.4) is 0 Å². The fourth-order valence-electron chi connectivity index (χ4n) is 0.983. The highest BCUT2D eigenvalue weighted by Crippen LogP contribution is 2.50. The fourth-order valence-corrected chi connectivity index (χ4v) is 0.983. The second-order valence-electron chi connectivity index (χ2n) is 2.90. The minimum absolute atomic E-state index is 0.0642. The minimum atomic E-state index is 0.0642. The molecule has 2 nitrogen and oxygen atoms in total. The molecule has 8 heavy (non-hydrogen) atoms. The SMILES string of the molecule is C[C@@]1(CO)C[C@H]1CO. The van der Waals surface area contributed by atoms with Crippen molar-refractivity contribution < 1.29 is 10.2 Å². The van der Waals surface area contributed by atoms with Gasteiger partial charge in [0, 0.05) is 13.2 Å². The van der Waals surface area contributed by atoms with Crippen molar-refractivity contribution in [3.63, 3.8) is 0 Å². The smallest absolute Gasteiger partial charge is 0.0488 e. The molecule has 0 saturated heterocycles. The molecule has 1 saturated carbocycles. The molecular weight excluding hydrogens is 104 g/mol. The van der Waals surface area contributed by atoms with Gasteiger partial charge in [-0.1, -0.05) is 6.92 Å². The van der Waals surface area contributed by atoms with Gasteiger partial charge in [-0.25, -0.2) is 0 Å². The molecule has 2 N–H and O–H groups in total. The minimum Gasteiger partial charge on any atom is -0.396 e. The molecule has 1 aliphatic rings. The van der Waals surface area contributed by atoms with E-state index in [-0.39, 0.29) is 18.6 Å². The second-order valence-corrected chi connectivity index (χ2v) is 2.90. The van der Waals surface area contributed by atoms with Crippen LogP contribution >= 0.6 is 0 Å². The third-order valence-corrected chi connectivity index (χ3v) is 2.12. The summed E-state index contributed by atoms with van der Waals surface area (Å²) in [6.45, 7) is 2.45. The Morgan fingerprint density at radius 2 is 2.25 bits per heavy atom.